The summed E-state index contributed by atoms with van der Waals surface area (Å²) in [6, 6.07) is 13.4. The summed E-state index contributed by atoms with van der Waals surface area (Å²) in [5.41, 5.74) is 2.75. The van der Waals surface area contributed by atoms with Crippen LogP contribution >= 0.6 is 0 Å². The van der Waals surface area contributed by atoms with Crippen LogP contribution < -0.4 is 19.7 Å². The Morgan fingerprint density at radius 3 is 2.53 bits per heavy atom. The first-order valence-corrected chi connectivity index (χ1v) is 10.3. The van der Waals surface area contributed by atoms with Crippen LogP contribution in [-0.2, 0) is 6.42 Å². The number of aryl methyl sites for hydroxylation is 1. The predicted molar refractivity (Wildman–Crippen MR) is 124 cm³/mol. The molecule has 0 unspecified atom stereocenters. The highest BCUT2D eigenvalue weighted by Gasteiger charge is 2.27. The summed E-state index contributed by atoms with van der Waals surface area (Å²) in [6.07, 6.45) is 1.96. The van der Waals surface area contributed by atoms with Crippen molar-refractivity contribution in [2.75, 3.05) is 37.5 Å². The molecule has 0 bridgehead atoms. The van der Waals surface area contributed by atoms with Gasteiger partial charge in [0.25, 0.3) is 0 Å². The van der Waals surface area contributed by atoms with Gasteiger partial charge in [0.05, 0.1) is 19.1 Å². The summed E-state index contributed by atoms with van der Waals surface area (Å²) in [5, 5.41) is 15.1. The van der Waals surface area contributed by atoms with E-state index in [1.807, 2.05) is 61.2 Å². The third-order valence-corrected chi connectivity index (χ3v) is 5.02. The molecule has 168 valence electrons. The van der Waals surface area contributed by atoms with Crippen LogP contribution in [0.15, 0.2) is 48.8 Å². The summed E-state index contributed by atoms with van der Waals surface area (Å²) in [4.78, 5) is 21.7. The highest BCUT2D eigenvalue weighted by atomic mass is 16.6. The van der Waals surface area contributed by atoms with Crippen molar-refractivity contribution in [3.63, 3.8) is 0 Å². The van der Waals surface area contributed by atoms with Gasteiger partial charge in [-0.25, -0.2) is 9.97 Å². The van der Waals surface area contributed by atoms with E-state index in [0.29, 0.717) is 31.0 Å². The molecule has 0 atom stereocenters. The van der Waals surface area contributed by atoms with E-state index in [2.05, 4.69) is 15.3 Å². The lowest BCUT2D eigenvalue weighted by atomic mass is 10.1. The number of nitrogens with one attached hydrogen (secondary N) is 1. The third kappa shape index (κ3) is 5.05. The number of nitrogens with zero attached hydrogens (tertiary/aromatic N) is 4. The number of methoxy groups -OCH3 is 2. The Hall–Kier alpha value is -3.88. The van der Waals surface area contributed by atoms with Crippen molar-refractivity contribution in [1.29, 1.82) is 0 Å². The molecule has 0 aliphatic rings. The fraction of sp³-hybridized carbons (Fsp3) is 0.304. The van der Waals surface area contributed by atoms with Crippen LogP contribution in [0.3, 0.4) is 0 Å². The molecule has 0 aliphatic heterocycles. The first kappa shape index (κ1) is 22.8. The summed E-state index contributed by atoms with van der Waals surface area (Å²) >= 11 is 0. The highest BCUT2D eigenvalue weighted by molar-refractivity contribution is 5.75. The molecule has 3 rings (SSSR count). The maximum Gasteiger partial charge on any atom is 0.353 e. The van der Waals surface area contributed by atoms with E-state index in [1.165, 1.54) is 6.33 Å². The minimum absolute atomic E-state index is 0.150. The average Bonchev–Trinajstić information content (AvgIpc) is 2.79. The second-order valence-corrected chi connectivity index (χ2v) is 7.10. The summed E-state index contributed by atoms with van der Waals surface area (Å²) in [7, 11) is 3.17. The quantitative estimate of drug-likeness (QED) is 0.365. The zero-order valence-corrected chi connectivity index (χ0v) is 18.7. The first-order valence-electron chi connectivity index (χ1n) is 10.3. The van der Waals surface area contributed by atoms with Gasteiger partial charge in [-0.05, 0) is 55.7 Å². The molecule has 0 aliphatic carbocycles. The van der Waals surface area contributed by atoms with Gasteiger partial charge in [0.2, 0.25) is 11.6 Å². The van der Waals surface area contributed by atoms with E-state index in [1.54, 1.807) is 14.2 Å². The maximum absolute atomic E-state index is 12.0. The molecule has 32 heavy (non-hydrogen) atoms. The SMILES string of the molecule is CCN(c1cccc(C)c1)c1ncnc(NCCc2ccc(OC)c(OC)c2)c1[N+](=O)[O-]. The van der Waals surface area contributed by atoms with Crippen LogP contribution in [-0.4, -0.2) is 42.2 Å². The molecule has 9 nitrogen and oxygen atoms in total. The van der Waals surface area contributed by atoms with Crippen molar-refractivity contribution >= 4 is 23.0 Å². The van der Waals surface area contributed by atoms with E-state index in [4.69, 9.17) is 9.47 Å². The standard InChI is InChI=1S/C23H27N5O4/c1-5-27(18-8-6-7-16(2)13-18)23-21(28(29)30)22(25-15-26-23)24-12-11-17-9-10-19(31-3)20(14-17)32-4/h6-10,13-15H,5,11-12H2,1-4H3,(H,24,25,26). The van der Waals surface area contributed by atoms with Gasteiger partial charge in [0.1, 0.15) is 6.33 Å². The molecule has 1 heterocycles. The number of anilines is 3. The monoisotopic (exact) mass is 437 g/mol. The lowest BCUT2D eigenvalue weighted by Gasteiger charge is -2.22. The fourth-order valence-corrected chi connectivity index (χ4v) is 3.48. The normalized spacial score (nSPS) is 10.5. The van der Waals surface area contributed by atoms with Gasteiger partial charge in [0, 0.05) is 18.8 Å². The molecule has 0 spiro atoms. The van der Waals surface area contributed by atoms with Gasteiger partial charge in [-0.1, -0.05) is 18.2 Å². The first-order chi connectivity index (χ1) is 15.5. The number of hydrogen-bond donors (Lipinski definition) is 1. The van der Waals surface area contributed by atoms with E-state index >= 15 is 0 Å². The van der Waals surface area contributed by atoms with Crippen molar-refractivity contribution in [2.45, 2.75) is 20.3 Å². The molecule has 1 aromatic heterocycles. The smallest absolute Gasteiger partial charge is 0.353 e. The summed E-state index contributed by atoms with van der Waals surface area (Å²) < 4.78 is 10.6. The predicted octanol–water partition coefficient (Wildman–Crippen LogP) is 4.52. The highest BCUT2D eigenvalue weighted by Crippen LogP contribution is 2.36. The zero-order valence-electron chi connectivity index (χ0n) is 18.7. The minimum atomic E-state index is -0.438. The number of benzene rings is 2. The van der Waals surface area contributed by atoms with Crippen LogP contribution in [0.25, 0.3) is 0 Å². The van der Waals surface area contributed by atoms with Gasteiger partial charge in [-0.2, -0.15) is 0 Å². The minimum Gasteiger partial charge on any atom is -0.493 e. The number of ether oxygens (including phenoxy) is 2. The van der Waals surface area contributed by atoms with Gasteiger partial charge in [0.15, 0.2) is 11.5 Å². The Bertz CT molecular complexity index is 1090. The van der Waals surface area contributed by atoms with E-state index in [-0.39, 0.29) is 17.3 Å². The number of aromatic nitrogens is 2. The number of hydrogen-bond acceptors (Lipinski definition) is 8. The van der Waals surface area contributed by atoms with Crippen LogP contribution in [0.2, 0.25) is 0 Å². The lowest BCUT2D eigenvalue weighted by Crippen LogP contribution is -2.20. The Kier molecular flexibility index (Phi) is 7.43. The molecular formula is C23H27N5O4. The van der Waals surface area contributed by atoms with Crippen molar-refractivity contribution in [1.82, 2.24) is 9.97 Å². The van der Waals surface area contributed by atoms with Gasteiger partial charge in [-0.3, -0.25) is 10.1 Å². The molecule has 0 radical (unpaired) electrons. The Balaban J connectivity index is 1.84. The second kappa shape index (κ2) is 10.4. The fourth-order valence-electron chi connectivity index (χ4n) is 3.48. The van der Waals surface area contributed by atoms with Crippen molar-refractivity contribution in [3.8, 4) is 11.5 Å². The molecule has 0 fully saturated rings. The van der Waals surface area contributed by atoms with Crippen molar-refractivity contribution in [2.24, 2.45) is 0 Å². The van der Waals surface area contributed by atoms with E-state index in [9.17, 15) is 10.1 Å². The van der Waals surface area contributed by atoms with Crippen LogP contribution in [0, 0.1) is 17.0 Å². The molecule has 9 heteroatoms. The van der Waals surface area contributed by atoms with Crippen molar-refractivity contribution < 1.29 is 14.4 Å². The van der Waals surface area contributed by atoms with Crippen molar-refractivity contribution in [3.05, 3.63) is 70.0 Å². The molecule has 1 N–H and O–H groups in total. The third-order valence-electron chi connectivity index (χ3n) is 5.02. The van der Waals surface area contributed by atoms with Crippen LogP contribution in [0.4, 0.5) is 23.0 Å². The Morgan fingerprint density at radius 1 is 1.09 bits per heavy atom. The van der Waals surface area contributed by atoms with Crippen LogP contribution in [0.5, 0.6) is 11.5 Å². The molecule has 0 amide bonds. The topological polar surface area (TPSA) is 103 Å². The lowest BCUT2D eigenvalue weighted by molar-refractivity contribution is -0.383. The largest absolute Gasteiger partial charge is 0.493 e. The number of rotatable bonds is 10. The Morgan fingerprint density at radius 2 is 1.88 bits per heavy atom. The van der Waals surface area contributed by atoms with Crippen LogP contribution in [0.1, 0.15) is 18.1 Å². The van der Waals surface area contributed by atoms with E-state index in [0.717, 1.165) is 16.8 Å². The molecule has 0 saturated carbocycles. The average molecular weight is 438 g/mol. The van der Waals surface area contributed by atoms with Gasteiger partial charge in [-0.15, -0.1) is 0 Å². The maximum atomic E-state index is 12.0. The molecule has 2 aromatic carbocycles. The molecule has 3 aromatic rings. The second-order valence-electron chi connectivity index (χ2n) is 7.10. The Labute approximate surface area is 187 Å². The van der Waals surface area contributed by atoms with E-state index < -0.39 is 4.92 Å². The molecular weight excluding hydrogens is 410 g/mol. The van der Waals surface area contributed by atoms with Gasteiger partial charge >= 0.3 is 5.69 Å². The van der Waals surface area contributed by atoms with Gasteiger partial charge < -0.3 is 19.7 Å². The summed E-state index contributed by atoms with van der Waals surface area (Å²) in [5.74, 6) is 1.73. The number of nitro groups is 1. The summed E-state index contributed by atoms with van der Waals surface area (Å²) in [6.45, 7) is 4.88. The molecule has 0 saturated heterocycles. The zero-order chi connectivity index (χ0) is 23.1.